The molecule has 0 atom stereocenters. The average Bonchev–Trinajstić information content (AvgIpc) is 3.65. The quantitative estimate of drug-likeness (QED) is 0.163. The number of fused-ring (bicyclic) bond motifs is 3. The van der Waals surface area contributed by atoms with Crippen LogP contribution < -0.4 is 0 Å². The highest BCUT2D eigenvalue weighted by atomic mass is 16.3. The number of rotatable bonds is 7. The molecule has 0 fully saturated rings. The molecular formula is C48H30N6O. The van der Waals surface area contributed by atoms with Crippen molar-refractivity contribution in [1.82, 2.24) is 29.9 Å². The lowest BCUT2D eigenvalue weighted by Crippen LogP contribution is -2.02. The van der Waals surface area contributed by atoms with Gasteiger partial charge in [-0.05, 0) is 41.5 Å². The zero-order chi connectivity index (χ0) is 36.6. The summed E-state index contributed by atoms with van der Waals surface area (Å²) in [5, 5.41) is 2.07. The van der Waals surface area contributed by atoms with E-state index in [9.17, 15) is 0 Å². The number of furan rings is 1. The first kappa shape index (κ1) is 32.0. The fraction of sp³-hybridized carbons (Fsp3) is 0. The molecule has 7 nitrogen and oxygen atoms in total. The molecule has 0 radical (unpaired) electrons. The summed E-state index contributed by atoms with van der Waals surface area (Å²) in [6.45, 7) is 0. The predicted molar refractivity (Wildman–Crippen MR) is 219 cm³/mol. The SMILES string of the molecule is c1ccc(-c2nc(-c3ccccc3)nc(-c3ccc(-c4nc(-c5ccccc5)nc(-c5ccccc5)n4)c(-c4ccc5oc6ccccc6c5c4)c3)n2)cc1. The van der Waals surface area contributed by atoms with Gasteiger partial charge >= 0.3 is 0 Å². The van der Waals surface area contributed by atoms with Gasteiger partial charge in [0.1, 0.15) is 11.2 Å². The number of hydrogen-bond acceptors (Lipinski definition) is 7. The largest absolute Gasteiger partial charge is 0.456 e. The first-order valence-electron chi connectivity index (χ1n) is 18.0. The van der Waals surface area contributed by atoms with E-state index in [0.717, 1.165) is 66.4 Å². The van der Waals surface area contributed by atoms with Gasteiger partial charge in [-0.1, -0.05) is 152 Å². The zero-order valence-electron chi connectivity index (χ0n) is 29.4. The Morgan fingerprint density at radius 1 is 0.255 bits per heavy atom. The van der Waals surface area contributed by atoms with Gasteiger partial charge in [-0.25, -0.2) is 29.9 Å². The lowest BCUT2D eigenvalue weighted by Gasteiger charge is -2.14. The number of benzene rings is 7. The van der Waals surface area contributed by atoms with Crippen LogP contribution in [-0.2, 0) is 0 Å². The third-order valence-electron chi connectivity index (χ3n) is 9.61. The first-order chi connectivity index (χ1) is 27.2. The first-order valence-corrected chi connectivity index (χ1v) is 18.0. The maximum absolute atomic E-state index is 6.23. The van der Waals surface area contributed by atoms with Crippen LogP contribution in [0.2, 0.25) is 0 Å². The van der Waals surface area contributed by atoms with Crippen LogP contribution in [0, 0.1) is 0 Å². The van der Waals surface area contributed by atoms with Crippen LogP contribution in [0.15, 0.2) is 186 Å². The van der Waals surface area contributed by atoms with Gasteiger partial charge in [0, 0.05) is 44.2 Å². The third kappa shape index (κ3) is 6.19. The monoisotopic (exact) mass is 706 g/mol. The fourth-order valence-corrected chi connectivity index (χ4v) is 6.88. The predicted octanol–water partition coefficient (Wildman–Crippen LogP) is 11.6. The summed E-state index contributed by atoms with van der Waals surface area (Å²) in [5.41, 5.74) is 8.83. The van der Waals surface area contributed by atoms with Crippen molar-refractivity contribution in [1.29, 1.82) is 0 Å². The maximum atomic E-state index is 6.23. The van der Waals surface area contributed by atoms with Crippen LogP contribution in [0.3, 0.4) is 0 Å². The molecule has 258 valence electrons. The van der Waals surface area contributed by atoms with Gasteiger partial charge in [-0.15, -0.1) is 0 Å². The molecule has 10 aromatic rings. The van der Waals surface area contributed by atoms with Crippen molar-refractivity contribution in [2.24, 2.45) is 0 Å². The van der Waals surface area contributed by atoms with E-state index in [2.05, 4.69) is 30.3 Å². The van der Waals surface area contributed by atoms with Crippen LogP contribution >= 0.6 is 0 Å². The molecule has 7 aromatic carbocycles. The summed E-state index contributed by atoms with van der Waals surface area (Å²) in [5.74, 6) is 3.48. The molecule has 3 aromatic heterocycles. The highest BCUT2D eigenvalue weighted by molar-refractivity contribution is 6.06. The molecule has 0 aliphatic rings. The van der Waals surface area contributed by atoms with Gasteiger partial charge in [0.15, 0.2) is 34.9 Å². The van der Waals surface area contributed by atoms with E-state index in [1.54, 1.807) is 0 Å². The molecule has 3 heterocycles. The molecule has 0 saturated heterocycles. The molecule has 0 aliphatic carbocycles. The van der Waals surface area contributed by atoms with E-state index in [-0.39, 0.29) is 0 Å². The Hall–Kier alpha value is -7.64. The molecule has 0 unspecified atom stereocenters. The Balaban J connectivity index is 1.22. The molecule has 55 heavy (non-hydrogen) atoms. The fourth-order valence-electron chi connectivity index (χ4n) is 6.88. The summed E-state index contributed by atoms with van der Waals surface area (Å²) in [7, 11) is 0. The van der Waals surface area contributed by atoms with Crippen molar-refractivity contribution in [2.45, 2.75) is 0 Å². The van der Waals surface area contributed by atoms with E-state index in [0.29, 0.717) is 34.9 Å². The summed E-state index contributed by atoms with van der Waals surface area (Å²) in [6, 6.07) is 60.7. The van der Waals surface area contributed by atoms with Crippen LogP contribution in [0.1, 0.15) is 0 Å². The van der Waals surface area contributed by atoms with Crippen molar-refractivity contribution >= 4 is 21.9 Å². The van der Waals surface area contributed by atoms with Gasteiger partial charge < -0.3 is 4.42 Å². The van der Waals surface area contributed by atoms with Crippen molar-refractivity contribution in [3.8, 4) is 79.5 Å². The van der Waals surface area contributed by atoms with Gasteiger partial charge in [0.2, 0.25) is 0 Å². The van der Waals surface area contributed by atoms with Crippen molar-refractivity contribution in [3.05, 3.63) is 182 Å². The number of hydrogen-bond donors (Lipinski definition) is 0. The van der Waals surface area contributed by atoms with Gasteiger partial charge in [0.25, 0.3) is 0 Å². The average molecular weight is 707 g/mol. The lowest BCUT2D eigenvalue weighted by molar-refractivity contribution is 0.669. The summed E-state index contributed by atoms with van der Waals surface area (Å²) in [6.07, 6.45) is 0. The van der Waals surface area contributed by atoms with E-state index in [1.807, 2.05) is 152 Å². The highest BCUT2D eigenvalue weighted by Gasteiger charge is 2.20. The van der Waals surface area contributed by atoms with E-state index in [1.165, 1.54) is 0 Å². The van der Waals surface area contributed by atoms with Crippen LogP contribution in [-0.4, -0.2) is 29.9 Å². The van der Waals surface area contributed by atoms with E-state index in [4.69, 9.17) is 34.3 Å². The number of aromatic nitrogens is 6. The normalized spacial score (nSPS) is 11.3. The molecule has 0 aliphatic heterocycles. The minimum atomic E-state index is 0.553. The van der Waals surface area contributed by atoms with Gasteiger partial charge in [-0.2, -0.15) is 0 Å². The molecule has 0 amide bonds. The Morgan fingerprint density at radius 2 is 0.655 bits per heavy atom. The molecular weight excluding hydrogens is 677 g/mol. The number of nitrogens with zero attached hydrogens (tertiary/aromatic N) is 6. The van der Waals surface area contributed by atoms with Crippen LogP contribution in [0.5, 0.6) is 0 Å². The zero-order valence-corrected chi connectivity index (χ0v) is 29.4. The summed E-state index contributed by atoms with van der Waals surface area (Å²) in [4.78, 5) is 30.2. The van der Waals surface area contributed by atoms with E-state index < -0.39 is 0 Å². The van der Waals surface area contributed by atoms with Crippen molar-refractivity contribution in [2.75, 3.05) is 0 Å². The van der Waals surface area contributed by atoms with Crippen LogP contribution in [0.4, 0.5) is 0 Å². The smallest absolute Gasteiger partial charge is 0.164 e. The molecule has 0 N–H and O–H groups in total. The molecule has 0 spiro atoms. The maximum Gasteiger partial charge on any atom is 0.164 e. The second-order valence-corrected chi connectivity index (χ2v) is 13.1. The van der Waals surface area contributed by atoms with E-state index >= 15 is 0 Å². The molecule has 7 heteroatoms. The van der Waals surface area contributed by atoms with Gasteiger partial charge in [0.05, 0.1) is 0 Å². The molecule has 0 saturated carbocycles. The van der Waals surface area contributed by atoms with Crippen molar-refractivity contribution in [3.63, 3.8) is 0 Å². The Kier molecular flexibility index (Phi) is 8.00. The minimum Gasteiger partial charge on any atom is -0.456 e. The van der Waals surface area contributed by atoms with Crippen molar-refractivity contribution < 1.29 is 4.42 Å². The third-order valence-corrected chi connectivity index (χ3v) is 9.61. The summed E-state index contributed by atoms with van der Waals surface area (Å²) < 4.78 is 6.23. The second kappa shape index (κ2) is 13.7. The van der Waals surface area contributed by atoms with Crippen LogP contribution in [0.25, 0.3) is 101 Å². The topological polar surface area (TPSA) is 90.5 Å². The second-order valence-electron chi connectivity index (χ2n) is 13.1. The summed E-state index contributed by atoms with van der Waals surface area (Å²) >= 11 is 0. The lowest BCUT2D eigenvalue weighted by atomic mass is 9.95. The Labute approximate surface area is 316 Å². The number of para-hydroxylation sites is 1. The molecule has 10 rings (SSSR count). The van der Waals surface area contributed by atoms with Gasteiger partial charge in [-0.3, -0.25) is 0 Å². The standard InChI is InChI=1S/C48H30N6O/c1-5-15-31(16-6-1)43-49-44(32-17-7-2-8-18-32)52-47(51-43)36-25-27-38(39(30-36)35-26-28-42-40(29-35)37-23-13-14-24-41(37)55-42)48-53-45(33-19-9-3-10-20-33)50-46(54-48)34-21-11-4-12-22-34/h1-30H. The Bertz CT molecular complexity index is 2850. The Morgan fingerprint density at radius 3 is 1.16 bits per heavy atom. The highest BCUT2D eigenvalue weighted by Crippen LogP contribution is 2.39. The minimum absolute atomic E-state index is 0.553. The molecule has 0 bridgehead atoms.